The lowest BCUT2D eigenvalue weighted by Crippen LogP contribution is -2.14. The highest BCUT2D eigenvalue weighted by Gasteiger charge is 2.26. The van der Waals surface area contributed by atoms with Gasteiger partial charge in [-0.25, -0.2) is 9.76 Å². The van der Waals surface area contributed by atoms with Crippen LogP contribution in [0.5, 0.6) is 0 Å². The fourth-order valence-corrected chi connectivity index (χ4v) is 1.68. The lowest BCUT2D eigenvalue weighted by atomic mass is 10.7. The zero-order valence-corrected chi connectivity index (χ0v) is 9.14. The Balaban J connectivity index is 4.30. The summed E-state index contributed by atoms with van der Waals surface area (Å²) >= 11 is 0. The minimum atomic E-state index is -4.57. The van der Waals surface area contributed by atoms with Crippen molar-refractivity contribution in [1.29, 1.82) is 0 Å². The second-order valence-corrected chi connectivity index (χ2v) is 3.94. The van der Waals surface area contributed by atoms with Gasteiger partial charge in [-0.05, 0) is 13.8 Å². The number of hydrogen-bond acceptors (Lipinski definition) is 4. The van der Waals surface area contributed by atoms with Crippen molar-refractivity contribution in [1.82, 2.24) is 5.20 Å². The number of halogens is 3. The van der Waals surface area contributed by atoms with Crippen LogP contribution in [-0.4, -0.2) is 25.6 Å². The maximum atomic E-state index is 11.6. The van der Waals surface area contributed by atoms with Crippen LogP contribution in [-0.2, 0) is 13.6 Å². The van der Waals surface area contributed by atoms with Crippen molar-refractivity contribution in [2.24, 2.45) is 5.10 Å². The molecular weight excluding hydrogens is 236 g/mol. The number of nitrogens with zero attached hydrogens (tertiary/aromatic N) is 1. The zero-order valence-electron chi connectivity index (χ0n) is 8.24. The lowest BCUT2D eigenvalue weighted by Gasteiger charge is -2.15. The topological polar surface area (TPSA) is 59.9 Å². The van der Waals surface area contributed by atoms with Crippen molar-refractivity contribution in [3.63, 3.8) is 0 Å². The van der Waals surface area contributed by atoms with E-state index in [9.17, 15) is 17.7 Å². The van der Waals surface area contributed by atoms with E-state index >= 15 is 0 Å². The van der Waals surface area contributed by atoms with Crippen LogP contribution in [0.2, 0.25) is 0 Å². The molecular formula is C6H12F3N2O3P. The minimum Gasteiger partial charge on any atom is -0.292 e. The van der Waals surface area contributed by atoms with Crippen LogP contribution < -0.4 is 5.20 Å². The van der Waals surface area contributed by atoms with Crippen molar-refractivity contribution in [3.8, 4) is 0 Å². The number of alkyl halides is 3. The largest absolute Gasteiger partial charge is 0.448 e. The third-order valence-electron chi connectivity index (χ3n) is 0.989. The summed E-state index contributed by atoms with van der Waals surface area (Å²) in [4.78, 5) is 0. The Kier molecular flexibility index (Phi) is 5.85. The van der Waals surface area contributed by atoms with Crippen LogP contribution in [0, 0.1) is 0 Å². The van der Waals surface area contributed by atoms with Gasteiger partial charge in [0.05, 0.1) is 13.2 Å². The standard InChI is InChI=1S/C6H12F3N2O3P/c1-3-13-15(12,14-4-2)11-10-5-6(7,8)9/h5H,3-4H2,1-2H3,(H,11,12)/b10-5+. The van der Waals surface area contributed by atoms with Crippen molar-refractivity contribution in [2.45, 2.75) is 20.0 Å². The smallest absolute Gasteiger partial charge is 0.292 e. The molecule has 0 saturated heterocycles. The lowest BCUT2D eigenvalue weighted by molar-refractivity contribution is -0.0538. The van der Waals surface area contributed by atoms with Gasteiger partial charge in [0.2, 0.25) is 0 Å². The van der Waals surface area contributed by atoms with Crippen molar-refractivity contribution >= 4 is 14.0 Å². The molecule has 15 heavy (non-hydrogen) atoms. The van der Waals surface area contributed by atoms with E-state index in [0.29, 0.717) is 0 Å². The average molecular weight is 248 g/mol. The summed E-state index contributed by atoms with van der Waals surface area (Å²) in [6.07, 6.45) is -4.91. The van der Waals surface area contributed by atoms with Gasteiger partial charge >= 0.3 is 13.9 Å². The number of hydrogen-bond donors (Lipinski definition) is 1. The van der Waals surface area contributed by atoms with Gasteiger partial charge < -0.3 is 0 Å². The molecule has 1 N–H and O–H groups in total. The van der Waals surface area contributed by atoms with E-state index < -0.39 is 13.9 Å². The molecule has 0 atom stereocenters. The molecule has 0 bridgehead atoms. The first-order chi connectivity index (χ1) is 6.83. The second kappa shape index (κ2) is 6.09. The van der Waals surface area contributed by atoms with E-state index in [1.54, 1.807) is 5.20 Å². The molecule has 0 aromatic rings. The summed E-state index contributed by atoms with van der Waals surface area (Å²) in [6.45, 7) is 3.12. The quantitative estimate of drug-likeness (QED) is 0.445. The van der Waals surface area contributed by atoms with Gasteiger partial charge in [0.15, 0.2) is 0 Å². The highest BCUT2D eigenvalue weighted by molar-refractivity contribution is 7.51. The van der Waals surface area contributed by atoms with Gasteiger partial charge in [0.25, 0.3) is 0 Å². The summed E-state index contributed by atoms with van der Waals surface area (Å²) < 4.78 is 55.6. The fraction of sp³-hybridized carbons (Fsp3) is 0.833. The summed E-state index contributed by atoms with van der Waals surface area (Å²) in [5.41, 5.74) is 0. The van der Waals surface area contributed by atoms with E-state index in [4.69, 9.17) is 0 Å². The average Bonchev–Trinajstić information content (AvgIpc) is 2.01. The number of nitrogens with one attached hydrogen (secondary N) is 1. The van der Waals surface area contributed by atoms with Crippen LogP contribution in [0.4, 0.5) is 13.2 Å². The molecule has 0 aromatic heterocycles. The third kappa shape index (κ3) is 7.35. The van der Waals surface area contributed by atoms with E-state index in [2.05, 4.69) is 14.1 Å². The highest BCUT2D eigenvalue weighted by Crippen LogP contribution is 2.43. The fourth-order valence-electron chi connectivity index (χ4n) is 0.608. The van der Waals surface area contributed by atoms with Crippen LogP contribution in [0.25, 0.3) is 0 Å². The summed E-state index contributed by atoms with van der Waals surface area (Å²) in [5.74, 6) is 0. The molecule has 90 valence electrons. The molecule has 0 rings (SSSR count). The minimum absolute atomic E-state index is 0.0335. The predicted molar refractivity (Wildman–Crippen MR) is 48.5 cm³/mol. The van der Waals surface area contributed by atoms with E-state index in [-0.39, 0.29) is 19.4 Å². The van der Waals surface area contributed by atoms with Gasteiger partial charge in [-0.2, -0.15) is 18.3 Å². The molecule has 0 radical (unpaired) electrons. The molecule has 9 heteroatoms. The molecule has 0 aliphatic heterocycles. The molecule has 0 aliphatic carbocycles. The number of hydrazone groups is 1. The second-order valence-electron chi connectivity index (χ2n) is 2.23. The Morgan fingerprint density at radius 1 is 1.33 bits per heavy atom. The van der Waals surface area contributed by atoms with Gasteiger partial charge in [0, 0.05) is 0 Å². The maximum Gasteiger partial charge on any atom is 0.448 e. The molecule has 0 unspecified atom stereocenters. The van der Waals surface area contributed by atoms with Gasteiger partial charge in [-0.1, -0.05) is 0 Å². The normalized spacial score (nSPS) is 13.4. The van der Waals surface area contributed by atoms with E-state index in [0.717, 1.165) is 0 Å². The van der Waals surface area contributed by atoms with E-state index in [1.165, 1.54) is 13.8 Å². The molecule has 0 aliphatic rings. The first kappa shape index (κ1) is 14.4. The predicted octanol–water partition coefficient (Wildman–Crippen LogP) is 2.31. The number of rotatable bonds is 6. The third-order valence-corrected chi connectivity index (χ3v) is 2.55. The molecule has 0 saturated carbocycles. The SMILES string of the molecule is CCOP(=O)(N/N=C/C(F)(F)F)OCC. The monoisotopic (exact) mass is 248 g/mol. The molecule has 0 fully saturated rings. The summed E-state index contributed by atoms with van der Waals surface area (Å²) in [5, 5.41) is 4.45. The van der Waals surface area contributed by atoms with Crippen LogP contribution in [0.1, 0.15) is 13.8 Å². The first-order valence-electron chi connectivity index (χ1n) is 4.10. The zero-order chi connectivity index (χ0) is 11.9. The van der Waals surface area contributed by atoms with Gasteiger partial charge in [-0.15, -0.1) is 0 Å². The maximum absolute atomic E-state index is 11.6. The molecule has 5 nitrogen and oxygen atoms in total. The summed E-state index contributed by atoms with van der Waals surface area (Å²) in [6, 6.07) is 0. The Morgan fingerprint density at radius 2 is 1.80 bits per heavy atom. The molecule has 0 heterocycles. The Bertz CT molecular complexity index is 246. The Labute approximate surface area is 85.2 Å². The molecule has 0 spiro atoms. The van der Waals surface area contributed by atoms with Gasteiger partial charge in [0.1, 0.15) is 6.21 Å². The van der Waals surface area contributed by atoms with Crippen molar-refractivity contribution < 1.29 is 26.8 Å². The molecule has 0 amide bonds. The Hall–Kier alpha value is -0.590. The highest BCUT2D eigenvalue weighted by atomic mass is 31.2. The van der Waals surface area contributed by atoms with Crippen LogP contribution in [0.3, 0.4) is 0 Å². The van der Waals surface area contributed by atoms with Crippen molar-refractivity contribution in [2.75, 3.05) is 13.2 Å². The van der Waals surface area contributed by atoms with Crippen molar-refractivity contribution in [3.05, 3.63) is 0 Å². The van der Waals surface area contributed by atoms with Crippen LogP contribution in [0.15, 0.2) is 5.10 Å². The van der Waals surface area contributed by atoms with E-state index in [1.807, 2.05) is 0 Å². The van der Waals surface area contributed by atoms with Crippen LogP contribution >= 0.6 is 7.75 Å². The molecule has 0 aromatic carbocycles. The van der Waals surface area contributed by atoms with Gasteiger partial charge in [-0.3, -0.25) is 9.05 Å². The Morgan fingerprint density at radius 3 is 2.13 bits per heavy atom. The summed E-state index contributed by atoms with van der Waals surface area (Å²) in [7, 11) is -3.75. The first-order valence-corrected chi connectivity index (χ1v) is 5.64.